The fraction of sp³-hybridized carbons (Fsp3) is 0.538. The van der Waals surface area contributed by atoms with Crippen LogP contribution in [0.25, 0.3) is 0 Å². The van der Waals surface area contributed by atoms with Crippen molar-refractivity contribution in [3.05, 3.63) is 24.0 Å². The molecule has 3 nitrogen and oxygen atoms in total. The van der Waals surface area contributed by atoms with E-state index in [0.717, 1.165) is 31.6 Å². The largest absolute Gasteiger partial charge is 0.395 e. The molecule has 2 N–H and O–H groups in total. The molecular weight excluding hydrogens is 217 g/mol. The molecule has 94 valence electrons. The first kappa shape index (κ1) is 12.2. The lowest BCUT2D eigenvalue weighted by Crippen LogP contribution is -2.38. The zero-order valence-electron chi connectivity index (χ0n) is 10.5. The van der Waals surface area contributed by atoms with Crippen molar-refractivity contribution in [1.29, 1.82) is 0 Å². The summed E-state index contributed by atoms with van der Waals surface area (Å²) in [6, 6.07) is 5.49. The number of hydrogen-bond donors (Lipinski definition) is 1. The Bertz CT molecular complexity index is 392. The Morgan fingerprint density at radius 3 is 2.94 bits per heavy atom. The van der Waals surface area contributed by atoms with Gasteiger partial charge < -0.3 is 15.5 Å². The molecule has 0 amide bonds. The van der Waals surface area contributed by atoms with Gasteiger partial charge in [0.15, 0.2) is 0 Å². The lowest BCUT2D eigenvalue weighted by atomic mass is 10.2. The third kappa shape index (κ3) is 2.52. The van der Waals surface area contributed by atoms with Crippen LogP contribution in [0.15, 0.2) is 18.2 Å². The lowest BCUT2D eigenvalue weighted by Gasteiger charge is -2.30. The minimum atomic E-state index is -0.321. The number of nitrogens with zero attached hydrogens (tertiary/aromatic N) is 2. The average molecular weight is 237 g/mol. The number of benzene rings is 1. The first-order valence-electron chi connectivity index (χ1n) is 6.05. The van der Waals surface area contributed by atoms with E-state index in [-0.39, 0.29) is 11.5 Å². The maximum atomic E-state index is 13.5. The molecule has 2 rings (SSSR count). The topological polar surface area (TPSA) is 32.5 Å². The maximum Gasteiger partial charge on any atom is 0.148 e. The highest BCUT2D eigenvalue weighted by Crippen LogP contribution is 2.31. The van der Waals surface area contributed by atoms with Crippen molar-refractivity contribution in [3.8, 4) is 0 Å². The number of nitrogens with two attached hydrogens (primary N) is 1. The van der Waals surface area contributed by atoms with E-state index in [1.807, 2.05) is 6.07 Å². The van der Waals surface area contributed by atoms with Gasteiger partial charge in [0.2, 0.25) is 0 Å². The van der Waals surface area contributed by atoms with Crippen molar-refractivity contribution in [3.63, 3.8) is 0 Å². The normalized spacial score (nSPS) is 20.2. The van der Waals surface area contributed by atoms with Crippen molar-refractivity contribution in [2.45, 2.75) is 18.9 Å². The summed E-state index contributed by atoms with van der Waals surface area (Å²) in [7, 11) is 4.12. The van der Waals surface area contributed by atoms with Gasteiger partial charge in [-0.25, -0.2) is 4.39 Å². The van der Waals surface area contributed by atoms with Gasteiger partial charge in [0.25, 0.3) is 0 Å². The molecule has 0 aromatic heterocycles. The Hall–Kier alpha value is -1.29. The summed E-state index contributed by atoms with van der Waals surface area (Å²) in [5, 5.41) is 0. The molecule has 1 aromatic rings. The molecule has 1 aromatic carbocycles. The summed E-state index contributed by atoms with van der Waals surface area (Å²) >= 11 is 0. The van der Waals surface area contributed by atoms with Crippen LogP contribution in [0.1, 0.15) is 12.8 Å². The minimum Gasteiger partial charge on any atom is -0.395 e. The first-order valence-corrected chi connectivity index (χ1v) is 6.05. The highest BCUT2D eigenvalue weighted by molar-refractivity contribution is 5.68. The van der Waals surface area contributed by atoms with Gasteiger partial charge in [-0.3, -0.25) is 0 Å². The highest BCUT2D eigenvalue weighted by Gasteiger charge is 2.26. The number of para-hydroxylation sites is 1. The number of rotatable bonds is 3. The van der Waals surface area contributed by atoms with E-state index < -0.39 is 0 Å². The summed E-state index contributed by atoms with van der Waals surface area (Å²) in [5.74, 6) is -0.321. The molecule has 1 aliphatic heterocycles. The van der Waals surface area contributed by atoms with Crippen LogP contribution in [0.5, 0.6) is 0 Å². The molecule has 1 heterocycles. The summed E-state index contributed by atoms with van der Waals surface area (Å²) in [5.41, 5.74) is 6.94. The van der Waals surface area contributed by atoms with E-state index in [2.05, 4.69) is 23.9 Å². The van der Waals surface area contributed by atoms with Crippen LogP contribution >= 0.6 is 0 Å². The van der Waals surface area contributed by atoms with Crippen LogP contribution in [0.4, 0.5) is 15.8 Å². The number of anilines is 2. The van der Waals surface area contributed by atoms with Gasteiger partial charge in [-0.15, -0.1) is 0 Å². The Labute approximate surface area is 102 Å². The smallest absolute Gasteiger partial charge is 0.148 e. The Kier molecular flexibility index (Phi) is 3.52. The molecule has 1 atom stereocenters. The number of halogens is 1. The molecule has 0 spiro atoms. The van der Waals surface area contributed by atoms with E-state index >= 15 is 0 Å². The predicted octanol–water partition coefficient (Wildman–Crippen LogP) is 1.94. The second kappa shape index (κ2) is 4.92. The Morgan fingerprint density at radius 2 is 2.24 bits per heavy atom. The molecule has 1 aliphatic rings. The second-order valence-electron chi connectivity index (χ2n) is 4.92. The highest BCUT2D eigenvalue weighted by atomic mass is 19.1. The lowest BCUT2D eigenvalue weighted by molar-refractivity contribution is 0.372. The molecule has 0 aliphatic carbocycles. The zero-order valence-corrected chi connectivity index (χ0v) is 10.5. The maximum absolute atomic E-state index is 13.5. The molecule has 0 saturated carbocycles. The van der Waals surface area contributed by atoms with Crippen LogP contribution < -0.4 is 10.6 Å². The van der Waals surface area contributed by atoms with Crippen molar-refractivity contribution in [2.24, 2.45) is 0 Å². The molecule has 17 heavy (non-hydrogen) atoms. The first-order chi connectivity index (χ1) is 8.09. The van der Waals surface area contributed by atoms with Crippen LogP contribution in [-0.2, 0) is 0 Å². The molecule has 1 fully saturated rings. The standard InChI is InChI=1S/C13H20FN3/c1-16(2)9-10-5-4-8-17(10)12-7-3-6-11(14)13(12)15/h3,6-7,10H,4-5,8-9,15H2,1-2H3. The van der Waals surface area contributed by atoms with Crippen LogP contribution in [0.3, 0.4) is 0 Å². The van der Waals surface area contributed by atoms with Crippen molar-refractivity contribution >= 4 is 11.4 Å². The van der Waals surface area contributed by atoms with E-state index in [1.165, 1.54) is 6.07 Å². The fourth-order valence-electron chi connectivity index (χ4n) is 2.54. The number of nitrogen functional groups attached to an aromatic ring is 1. The minimum absolute atomic E-state index is 0.276. The number of likely N-dealkylation sites (N-methyl/N-ethyl adjacent to an activating group) is 1. The van der Waals surface area contributed by atoms with Crippen LogP contribution in [-0.4, -0.2) is 38.1 Å². The van der Waals surface area contributed by atoms with Crippen molar-refractivity contribution < 1.29 is 4.39 Å². The zero-order chi connectivity index (χ0) is 12.4. The summed E-state index contributed by atoms with van der Waals surface area (Å²) in [6.45, 7) is 1.95. The molecular formula is C13H20FN3. The van der Waals surface area contributed by atoms with Crippen LogP contribution in [0.2, 0.25) is 0 Å². The van der Waals surface area contributed by atoms with Gasteiger partial charge >= 0.3 is 0 Å². The van der Waals surface area contributed by atoms with Gasteiger partial charge in [-0.1, -0.05) is 6.07 Å². The summed E-state index contributed by atoms with van der Waals surface area (Å²) in [6.07, 6.45) is 2.29. The van der Waals surface area contributed by atoms with Crippen LogP contribution in [0, 0.1) is 5.82 Å². The molecule has 1 saturated heterocycles. The molecule has 0 radical (unpaired) electrons. The SMILES string of the molecule is CN(C)CC1CCCN1c1cccc(F)c1N. The van der Waals surface area contributed by atoms with Crippen molar-refractivity contribution in [1.82, 2.24) is 4.90 Å². The molecule has 1 unspecified atom stereocenters. The third-order valence-electron chi connectivity index (χ3n) is 3.29. The molecule has 0 bridgehead atoms. The van der Waals surface area contributed by atoms with E-state index in [1.54, 1.807) is 6.07 Å². The average Bonchev–Trinajstić information content (AvgIpc) is 2.69. The summed E-state index contributed by atoms with van der Waals surface area (Å²) < 4.78 is 13.5. The second-order valence-corrected chi connectivity index (χ2v) is 4.92. The van der Waals surface area contributed by atoms with E-state index in [0.29, 0.717) is 6.04 Å². The van der Waals surface area contributed by atoms with Gasteiger partial charge in [0, 0.05) is 19.1 Å². The monoisotopic (exact) mass is 237 g/mol. The van der Waals surface area contributed by atoms with Gasteiger partial charge in [0.1, 0.15) is 5.82 Å². The van der Waals surface area contributed by atoms with E-state index in [9.17, 15) is 4.39 Å². The third-order valence-corrected chi connectivity index (χ3v) is 3.29. The Morgan fingerprint density at radius 1 is 1.47 bits per heavy atom. The quantitative estimate of drug-likeness (QED) is 0.815. The predicted molar refractivity (Wildman–Crippen MR) is 69.7 cm³/mol. The molecule has 4 heteroatoms. The van der Waals surface area contributed by atoms with Gasteiger partial charge in [0.05, 0.1) is 11.4 Å². The van der Waals surface area contributed by atoms with Crippen molar-refractivity contribution in [2.75, 3.05) is 37.8 Å². The van der Waals surface area contributed by atoms with Gasteiger partial charge in [-0.05, 0) is 39.1 Å². The van der Waals surface area contributed by atoms with E-state index in [4.69, 9.17) is 5.73 Å². The fourth-order valence-corrected chi connectivity index (χ4v) is 2.54. The van der Waals surface area contributed by atoms with Gasteiger partial charge in [-0.2, -0.15) is 0 Å². The number of hydrogen-bond acceptors (Lipinski definition) is 3. The summed E-state index contributed by atoms with van der Waals surface area (Å²) in [4.78, 5) is 4.40. The Balaban J connectivity index is 2.23.